The van der Waals surface area contributed by atoms with Gasteiger partial charge in [0, 0.05) is 21.5 Å². The molecule has 29 heavy (non-hydrogen) atoms. The van der Waals surface area contributed by atoms with Crippen LogP contribution in [0.1, 0.15) is 5.56 Å². The lowest BCUT2D eigenvalue weighted by Gasteiger charge is -2.07. The average molecular weight is 405 g/mol. The molecule has 0 unspecified atom stereocenters. The lowest BCUT2D eigenvalue weighted by Crippen LogP contribution is -2.21. The van der Waals surface area contributed by atoms with Crippen molar-refractivity contribution in [2.24, 2.45) is 0 Å². The number of anilines is 1. The van der Waals surface area contributed by atoms with E-state index in [-0.39, 0.29) is 18.9 Å². The molecule has 5 nitrogen and oxygen atoms in total. The Labute approximate surface area is 172 Å². The normalized spacial score (nSPS) is 10.9. The Morgan fingerprint density at radius 3 is 2.79 bits per heavy atom. The van der Waals surface area contributed by atoms with Crippen LogP contribution in [-0.2, 0) is 20.7 Å². The van der Waals surface area contributed by atoms with E-state index in [1.54, 1.807) is 24.1 Å². The summed E-state index contributed by atoms with van der Waals surface area (Å²) in [7, 11) is 0. The summed E-state index contributed by atoms with van der Waals surface area (Å²) < 4.78 is 10.8. The monoisotopic (exact) mass is 405 g/mol. The van der Waals surface area contributed by atoms with Crippen molar-refractivity contribution in [2.75, 3.05) is 18.2 Å². The number of amides is 1. The van der Waals surface area contributed by atoms with Crippen LogP contribution >= 0.6 is 11.8 Å². The predicted octanol–water partition coefficient (Wildman–Crippen LogP) is 5.03. The highest BCUT2D eigenvalue weighted by Crippen LogP contribution is 2.30. The number of thioether (sulfide) groups is 1. The van der Waals surface area contributed by atoms with Crippen LogP contribution in [0.25, 0.3) is 21.7 Å². The lowest BCUT2D eigenvalue weighted by molar-refractivity contribution is -0.146. The third-order valence-electron chi connectivity index (χ3n) is 4.59. The molecule has 0 saturated carbocycles. The fourth-order valence-electron chi connectivity index (χ4n) is 3.26. The van der Waals surface area contributed by atoms with Crippen molar-refractivity contribution in [2.45, 2.75) is 11.3 Å². The van der Waals surface area contributed by atoms with E-state index in [2.05, 4.69) is 5.32 Å². The number of ether oxygens (including phenoxy) is 1. The molecule has 1 heterocycles. The Morgan fingerprint density at radius 2 is 1.93 bits per heavy atom. The summed E-state index contributed by atoms with van der Waals surface area (Å²) in [5, 5.41) is 5.73. The number of fused-ring (bicyclic) bond motifs is 3. The zero-order chi connectivity index (χ0) is 20.2. The molecule has 0 spiro atoms. The molecule has 1 aromatic heterocycles. The molecular formula is C23H19NO4S. The first kappa shape index (κ1) is 19.1. The van der Waals surface area contributed by atoms with Crippen LogP contribution in [0.2, 0.25) is 0 Å². The predicted molar refractivity (Wildman–Crippen MR) is 115 cm³/mol. The van der Waals surface area contributed by atoms with Crippen LogP contribution in [0.5, 0.6) is 0 Å². The fourth-order valence-corrected chi connectivity index (χ4v) is 3.71. The average Bonchev–Trinajstić information content (AvgIpc) is 3.15. The smallest absolute Gasteiger partial charge is 0.310 e. The molecule has 0 bridgehead atoms. The lowest BCUT2D eigenvalue weighted by atomic mass is 10.0. The van der Waals surface area contributed by atoms with Crippen molar-refractivity contribution < 1.29 is 18.7 Å². The third kappa shape index (κ3) is 4.27. The van der Waals surface area contributed by atoms with Gasteiger partial charge in [0.15, 0.2) is 6.61 Å². The van der Waals surface area contributed by atoms with Crippen LogP contribution in [0.3, 0.4) is 0 Å². The highest BCUT2D eigenvalue weighted by Gasteiger charge is 2.15. The maximum Gasteiger partial charge on any atom is 0.310 e. The molecule has 146 valence electrons. The molecule has 0 aliphatic heterocycles. The van der Waals surface area contributed by atoms with E-state index < -0.39 is 5.97 Å². The van der Waals surface area contributed by atoms with Gasteiger partial charge in [-0.25, -0.2) is 0 Å². The first-order chi connectivity index (χ1) is 14.1. The summed E-state index contributed by atoms with van der Waals surface area (Å²) in [6.07, 6.45) is 3.58. The Hall–Kier alpha value is -3.25. The standard InChI is InChI=1S/C23H19NO4S/c1-29-18-7-4-6-17(12-18)24-21(25)14-28-22(26)11-16-13-27-20-10-9-15-5-2-3-8-19(15)23(16)20/h2-10,12-13H,11,14H2,1H3,(H,24,25). The number of rotatable bonds is 6. The van der Waals surface area contributed by atoms with E-state index in [1.165, 1.54) is 0 Å². The third-order valence-corrected chi connectivity index (χ3v) is 5.32. The van der Waals surface area contributed by atoms with E-state index in [0.717, 1.165) is 32.2 Å². The van der Waals surface area contributed by atoms with Crippen molar-refractivity contribution in [3.05, 3.63) is 72.5 Å². The molecule has 0 fully saturated rings. The second-order valence-electron chi connectivity index (χ2n) is 6.54. The van der Waals surface area contributed by atoms with Crippen LogP contribution < -0.4 is 5.32 Å². The van der Waals surface area contributed by atoms with Crippen LogP contribution in [0.4, 0.5) is 5.69 Å². The van der Waals surface area contributed by atoms with Crippen molar-refractivity contribution >= 4 is 51.1 Å². The van der Waals surface area contributed by atoms with E-state index in [4.69, 9.17) is 9.15 Å². The van der Waals surface area contributed by atoms with Crippen molar-refractivity contribution in [1.29, 1.82) is 0 Å². The highest BCUT2D eigenvalue weighted by atomic mass is 32.2. The Balaban J connectivity index is 1.41. The summed E-state index contributed by atoms with van der Waals surface area (Å²) in [5.74, 6) is -0.854. The van der Waals surface area contributed by atoms with Gasteiger partial charge in [0.05, 0.1) is 12.7 Å². The summed E-state index contributed by atoms with van der Waals surface area (Å²) in [5.41, 5.74) is 2.14. The largest absolute Gasteiger partial charge is 0.464 e. The minimum Gasteiger partial charge on any atom is -0.464 e. The van der Waals surface area contributed by atoms with Gasteiger partial charge < -0.3 is 14.5 Å². The van der Waals surface area contributed by atoms with Crippen LogP contribution in [0, 0.1) is 0 Å². The van der Waals surface area contributed by atoms with Crippen molar-refractivity contribution in [3.8, 4) is 0 Å². The molecule has 0 aliphatic carbocycles. The molecule has 1 amide bonds. The van der Waals surface area contributed by atoms with Gasteiger partial charge in [-0.3, -0.25) is 9.59 Å². The molecule has 4 rings (SSSR count). The molecule has 0 aliphatic rings. The number of hydrogen-bond acceptors (Lipinski definition) is 5. The van der Waals surface area contributed by atoms with Crippen molar-refractivity contribution in [1.82, 2.24) is 0 Å². The Kier molecular flexibility index (Phi) is 5.53. The number of esters is 1. The molecule has 6 heteroatoms. The maximum atomic E-state index is 12.3. The van der Waals surface area contributed by atoms with Crippen molar-refractivity contribution in [3.63, 3.8) is 0 Å². The van der Waals surface area contributed by atoms with E-state index in [0.29, 0.717) is 5.69 Å². The Bertz CT molecular complexity index is 1200. The number of benzene rings is 3. The summed E-state index contributed by atoms with van der Waals surface area (Å²) in [4.78, 5) is 25.4. The molecule has 1 N–H and O–H groups in total. The second-order valence-corrected chi connectivity index (χ2v) is 7.42. The number of hydrogen-bond donors (Lipinski definition) is 1. The quantitative estimate of drug-likeness (QED) is 0.360. The Morgan fingerprint density at radius 1 is 1.07 bits per heavy atom. The second kappa shape index (κ2) is 8.41. The maximum absolute atomic E-state index is 12.3. The van der Waals surface area contributed by atoms with Crippen LogP contribution in [-0.4, -0.2) is 24.7 Å². The molecule has 3 aromatic carbocycles. The minimum atomic E-state index is -0.478. The highest BCUT2D eigenvalue weighted by molar-refractivity contribution is 7.98. The van der Waals surface area contributed by atoms with E-state index >= 15 is 0 Å². The first-order valence-electron chi connectivity index (χ1n) is 9.11. The SMILES string of the molecule is CSc1cccc(NC(=O)COC(=O)Cc2coc3ccc4ccccc4c23)c1. The summed E-state index contributed by atoms with van der Waals surface area (Å²) in [6.45, 7) is -0.334. The first-order valence-corrected chi connectivity index (χ1v) is 10.3. The van der Waals surface area contributed by atoms with Gasteiger partial charge in [0.2, 0.25) is 0 Å². The molecule has 0 saturated heterocycles. The van der Waals surface area contributed by atoms with Gasteiger partial charge in [0.25, 0.3) is 5.91 Å². The van der Waals surface area contributed by atoms with Gasteiger partial charge >= 0.3 is 5.97 Å². The van der Waals surface area contributed by atoms with E-state index in [9.17, 15) is 9.59 Å². The topological polar surface area (TPSA) is 68.5 Å². The van der Waals surface area contributed by atoms with Crippen LogP contribution in [0.15, 0.2) is 76.2 Å². The van der Waals surface area contributed by atoms with Gasteiger partial charge in [0.1, 0.15) is 5.58 Å². The summed E-state index contributed by atoms with van der Waals surface area (Å²) >= 11 is 1.59. The number of furan rings is 1. The molecule has 4 aromatic rings. The van der Waals surface area contributed by atoms with Gasteiger partial charge in [-0.2, -0.15) is 0 Å². The number of carbonyl (C=O) groups is 2. The molecule has 0 atom stereocenters. The molecular weight excluding hydrogens is 386 g/mol. The number of carbonyl (C=O) groups excluding carboxylic acids is 2. The number of nitrogens with one attached hydrogen (secondary N) is 1. The molecule has 0 radical (unpaired) electrons. The van der Waals surface area contributed by atoms with Gasteiger partial charge in [-0.1, -0.05) is 36.4 Å². The summed E-state index contributed by atoms with van der Waals surface area (Å²) in [6, 6.07) is 19.3. The van der Waals surface area contributed by atoms with E-state index in [1.807, 2.05) is 60.9 Å². The van der Waals surface area contributed by atoms with Gasteiger partial charge in [-0.05, 0) is 41.3 Å². The minimum absolute atomic E-state index is 0.0379. The zero-order valence-electron chi connectivity index (χ0n) is 15.8. The fraction of sp³-hybridized carbons (Fsp3) is 0.130. The zero-order valence-corrected chi connectivity index (χ0v) is 16.6. The van der Waals surface area contributed by atoms with Gasteiger partial charge in [-0.15, -0.1) is 11.8 Å².